The number of nitrogens with zero attached hydrogens (tertiary/aromatic N) is 1. The number of carbonyl (C=O) groups is 2. The number of rotatable bonds is 10. The maximum absolute atomic E-state index is 13.3. The summed E-state index contributed by atoms with van der Waals surface area (Å²) < 4.78 is 5.82. The molecule has 0 aliphatic heterocycles. The van der Waals surface area contributed by atoms with Gasteiger partial charge in [0.2, 0.25) is 5.91 Å². The van der Waals surface area contributed by atoms with E-state index >= 15 is 0 Å². The molecule has 1 unspecified atom stereocenters. The number of nitrogens with one attached hydrogen (secondary N) is 1. The first-order chi connectivity index (χ1) is 15.1. The lowest BCUT2D eigenvalue weighted by Gasteiger charge is -2.31. The Bertz CT molecular complexity index is 919. The van der Waals surface area contributed by atoms with E-state index in [-0.39, 0.29) is 18.4 Å². The number of benzene rings is 2. The molecule has 0 aromatic heterocycles. The minimum Gasteiger partial charge on any atom is -0.484 e. The van der Waals surface area contributed by atoms with Crippen LogP contribution in [-0.2, 0) is 16.1 Å². The summed E-state index contributed by atoms with van der Waals surface area (Å²) in [5, 5.41) is 3.67. The normalized spacial score (nSPS) is 11.9. The average Bonchev–Trinajstić information content (AvgIpc) is 2.75. The van der Waals surface area contributed by atoms with E-state index < -0.39 is 6.04 Å². The van der Waals surface area contributed by atoms with Crippen molar-refractivity contribution in [2.75, 3.05) is 13.2 Å². The number of carbonyl (C=O) groups excluding carboxylic acids is 2. The summed E-state index contributed by atoms with van der Waals surface area (Å²) in [5.41, 5.74) is 3.87. The zero-order chi connectivity index (χ0) is 23.8. The zero-order valence-corrected chi connectivity index (χ0v) is 20.8. The van der Waals surface area contributed by atoms with Crippen molar-refractivity contribution in [1.82, 2.24) is 10.2 Å². The number of halogens is 1. The van der Waals surface area contributed by atoms with Crippen molar-refractivity contribution >= 4 is 23.4 Å². The number of ether oxygens (including phenoxy) is 1. The van der Waals surface area contributed by atoms with Gasteiger partial charge in [0, 0.05) is 18.1 Å². The van der Waals surface area contributed by atoms with E-state index in [2.05, 4.69) is 5.32 Å². The minimum atomic E-state index is -0.571. The second kappa shape index (κ2) is 11.9. The van der Waals surface area contributed by atoms with Gasteiger partial charge in [-0.1, -0.05) is 56.6 Å². The maximum atomic E-state index is 13.3. The van der Waals surface area contributed by atoms with Crippen LogP contribution in [0.5, 0.6) is 5.75 Å². The van der Waals surface area contributed by atoms with E-state index in [0.29, 0.717) is 36.2 Å². The molecule has 0 heterocycles. The van der Waals surface area contributed by atoms with Crippen LogP contribution in [0.2, 0.25) is 5.02 Å². The quantitative estimate of drug-likeness (QED) is 0.530. The first-order valence-corrected chi connectivity index (χ1v) is 11.5. The Morgan fingerprint density at radius 1 is 1.06 bits per heavy atom. The van der Waals surface area contributed by atoms with Crippen molar-refractivity contribution in [1.29, 1.82) is 0 Å². The summed E-state index contributed by atoms with van der Waals surface area (Å²) in [6, 6.07) is 11.0. The summed E-state index contributed by atoms with van der Waals surface area (Å²) in [5.74, 6) is 0.550. The largest absolute Gasteiger partial charge is 0.484 e. The highest BCUT2D eigenvalue weighted by molar-refractivity contribution is 6.32. The molecular formula is C26H35ClN2O3. The smallest absolute Gasteiger partial charge is 0.261 e. The Balaban J connectivity index is 2.24. The molecule has 0 aliphatic rings. The van der Waals surface area contributed by atoms with E-state index in [1.807, 2.05) is 77.9 Å². The van der Waals surface area contributed by atoms with Crippen LogP contribution in [-0.4, -0.2) is 35.9 Å². The topological polar surface area (TPSA) is 58.6 Å². The highest BCUT2D eigenvalue weighted by atomic mass is 35.5. The number of hydrogen-bond acceptors (Lipinski definition) is 3. The Labute approximate surface area is 197 Å². The SMILES string of the molecule is CCC(C(=O)NCC(C)C)N(Cc1ccccc1C)C(=O)COc1cc(C)c(Cl)c(C)c1. The molecular weight excluding hydrogens is 424 g/mol. The summed E-state index contributed by atoms with van der Waals surface area (Å²) in [6.07, 6.45) is 0.515. The molecule has 32 heavy (non-hydrogen) atoms. The van der Waals surface area contributed by atoms with Gasteiger partial charge in [0.25, 0.3) is 5.91 Å². The third-order valence-corrected chi connectivity index (χ3v) is 6.04. The van der Waals surface area contributed by atoms with E-state index in [4.69, 9.17) is 16.3 Å². The van der Waals surface area contributed by atoms with Crippen LogP contribution in [0.4, 0.5) is 0 Å². The average molecular weight is 459 g/mol. The molecule has 0 radical (unpaired) electrons. The van der Waals surface area contributed by atoms with Crippen molar-refractivity contribution in [3.63, 3.8) is 0 Å². The molecule has 0 bridgehead atoms. The van der Waals surface area contributed by atoms with Gasteiger partial charge in [0.1, 0.15) is 11.8 Å². The Morgan fingerprint density at radius 2 is 1.69 bits per heavy atom. The van der Waals surface area contributed by atoms with Crippen molar-refractivity contribution < 1.29 is 14.3 Å². The standard InChI is InChI=1S/C26H35ClN2O3/c1-7-23(26(31)28-14-17(2)3)29(15-21-11-9-8-10-18(21)4)24(30)16-32-22-12-19(5)25(27)20(6)13-22/h8-13,17,23H,7,14-16H2,1-6H3,(H,28,31). The van der Waals surface area contributed by atoms with Gasteiger partial charge in [0.05, 0.1) is 0 Å². The molecule has 0 spiro atoms. The second-order valence-electron chi connectivity index (χ2n) is 8.67. The van der Waals surface area contributed by atoms with Gasteiger partial charge in [-0.3, -0.25) is 9.59 Å². The van der Waals surface area contributed by atoms with Gasteiger partial charge in [0.15, 0.2) is 6.61 Å². The fourth-order valence-corrected chi connectivity index (χ4v) is 3.64. The van der Waals surface area contributed by atoms with Gasteiger partial charge >= 0.3 is 0 Å². The molecule has 6 heteroatoms. The molecule has 2 rings (SSSR count). The van der Waals surface area contributed by atoms with Gasteiger partial charge < -0.3 is 15.0 Å². The fraction of sp³-hybridized carbons (Fsp3) is 0.462. The Morgan fingerprint density at radius 3 is 2.25 bits per heavy atom. The van der Waals surface area contributed by atoms with Crippen molar-refractivity contribution in [2.24, 2.45) is 5.92 Å². The lowest BCUT2D eigenvalue weighted by Crippen LogP contribution is -2.50. The zero-order valence-electron chi connectivity index (χ0n) is 20.0. The lowest BCUT2D eigenvalue weighted by atomic mass is 10.1. The van der Waals surface area contributed by atoms with Crippen molar-refractivity contribution in [2.45, 2.75) is 60.5 Å². The molecule has 2 aromatic carbocycles. The maximum Gasteiger partial charge on any atom is 0.261 e. The highest BCUT2D eigenvalue weighted by Crippen LogP contribution is 2.26. The summed E-state index contributed by atoms with van der Waals surface area (Å²) in [6.45, 7) is 12.6. The number of hydrogen-bond donors (Lipinski definition) is 1. The van der Waals surface area contributed by atoms with Crippen LogP contribution in [0.3, 0.4) is 0 Å². The van der Waals surface area contributed by atoms with Gasteiger partial charge in [-0.25, -0.2) is 0 Å². The summed E-state index contributed by atoms with van der Waals surface area (Å²) >= 11 is 6.24. The first-order valence-electron chi connectivity index (χ1n) is 11.1. The predicted molar refractivity (Wildman–Crippen MR) is 130 cm³/mol. The monoisotopic (exact) mass is 458 g/mol. The van der Waals surface area contributed by atoms with Gasteiger partial charge in [-0.2, -0.15) is 0 Å². The molecule has 0 fully saturated rings. The van der Waals surface area contributed by atoms with E-state index in [1.54, 1.807) is 4.90 Å². The third kappa shape index (κ3) is 6.99. The predicted octanol–water partition coefficient (Wildman–Crippen LogP) is 5.22. The molecule has 0 saturated carbocycles. The highest BCUT2D eigenvalue weighted by Gasteiger charge is 2.29. The molecule has 2 amide bonds. The van der Waals surface area contributed by atoms with Gasteiger partial charge in [-0.15, -0.1) is 0 Å². The molecule has 0 saturated heterocycles. The van der Waals surface area contributed by atoms with Crippen molar-refractivity contribution in [3.8, 4) is 5.75 Å². The number of amides is 2. The second-order valence-corrected chi connectivity index (χ2v) is 9.05. The molecule has 0 aliphatic carbocycles. The third-order valence-electron chi connectivity index (χ3n) is 5.44. The summed E-state index contributed by atoms with van der Waals surface area (Å²) in [7, 11) is 0. The van der Waals surface area contributed by atoms with Crippen molar-refractivity contribution in [3.05, 3.63) is 63.7 Å². The van der Waals surface area contributed by atoms with Crippen LogP contribution in [0.25, 0.3) is 0 Å². The van der Waals surface area contributed by atoms with E-state index in [1.165, 1.54) is 0 Å². The van der Waals surface area contributed by atoms with E-state index in [0.717, 1.165) is 22.3 Å². The lowest BCUT2D eigenvalue weighted by molar-refractivity contribution is -0.143. The Hall–Kier alpha value is -2.53. The Kier molecular flexibility index (Phi) is 9.58. The molecule has 1 N–H and O–H groups in total. The molecule has 174 valence electrons. The minimum absolute atomic E-state index is 0.138. The molecule has 5 nitrogen and oxygen atoms in total. The van der Waals surface area contributed by atoms with Crippen LogP contribution in [0.15, 0.2) is 36.4 Å². The van der Waals surface area contributed by atoms with Crippen LogP contribution in [0, 0.1) is 26.7 Å². The van der Waals surface area contributed by atoms with Gasteiger partial charge in [-0.05, 0) is 67.5 Å². The molecule has 2 aromatic rings. The van der Waals surface area contributed by atoms with Crippen LogP contribution in [0.1, 0.15) is 49.4 Å². The first kappa shape index (κ1) is 25.7. The molecule has 1 atom stereocenters. The van der Waals surface area contributed by atoms with Crippen LogP contribution >= 0.6 is 11.6 Å². The van der Waals surface area contributed by atoms with Crippen LogP contribution < -0.4 is 10.1 Å². The summed E-state index contributed by atoms with van der Waals surface area (Å²) in [4.78, 5) is 27.9. The van der Waals surface area contributed by atoms with E-state index in [9.17, 15) is 9.59 Å². The fourth-order valence-electron chi connectivity index (χ4n) is 3.53. The number of aryl methyl sites for hydroxylation is 3.